The third kappa shape index (κ3) is 4.83. The number of carbonyl (C=O) groups excluding carboxylic acids is 1. The molecule has 1 aliphatic rings. The zero-order valence-electron chi connectivity index (χ0n) is 18.1. The van der Waals surface area contributed by atoms with Crippen molar-refractivity contribution in [2.75, 3.05) is 19.0 Å². The van der Waals surface area contributed by atoms with Crippen molar-refractivity contribution in [3.63, 3.8) is 0 Å². The smallest absolute Gasteiger partial charge is 0.228 e. The molecule has 1 amide bonds. The van der Waals surface area contributed by atoms with Gasteiger partial charge in [-0.15, -0.1) is 0 Å². The van der Waals surface area contributed by atoms with Gasteiger partial charge in [-0.05, 0) is 43.2 Å². The molecule has 0 unspecified atom stereocenters. The standard InChI is InChI=1S/C24H22F3N3O3/c1-14-28-11-22(21(29-14)12-32-2)33-13-24(15-4-3-5-16(25)8-15)10-18(24)23(31)30-17-6-7-19(26)20(27)9-17/h3-9,11,18H,10,12-13H2,1-2H3,(H,30,31)/t18-,24+/m0/s1. The molecule has 1 fully saturated rings. The number of benzene rings is 2. The lowest BCUT2D eigenvalue weighted by molar-refractivity contribution is -0.117. The van der Waals surface area contributed by atoms with Gasteiger partial charge in [-0.25, -0.2) is 23.1 Å². The molecule has 0 bridgehead atoms. The Hall–Kier alpha value is -3.46. The van der Waals surface area contributed by atoms with E-state index < -0.39 is 34.7 Å². The van der Waals surface area contributed by atoms with Crippen molar-refractivity contribution in [3.05, 3.63) is 83.2 Å². The maximum absolute atomic E-state index is 14.0. The van der Waals surface area contributed by atoms with Crippen molar-refractivity contribution in [3.8, 4) is 5.75 Å². The molecule has 4 rings (SSSR count). The second-order valence-electron chi connectivity index (χ2n) is 7.99. The zero-order valence-corrected chi connectivity index (χ0v) is 18.1. The highest BCUT2D eigenvalue weighted by atomic mass is 19.2. The van der Waals surface area contributed by atoms with Gasteiger partial charge in [-0.3, -0.25) is 4.79 Å². The van der Waals surface area contributed by atoms with Gasteiger partial charge in [0.2, 0.25) is 5.91 Å². The maximum Gasteiger partial charge on any atom is 0.228 e. The van der Waals surface area contributed by atoms with Gasteiger partial charge >= 0.3 is 0 Å². The van der Waals surface area contributed by atoms with E-state index in [4.69, 9.17) is 9.47 Å². The zero-order chi connectivity index (χ0) is 23.6. The van der Waals surface area contributed by atoms with Gasteiger partial charge in [0.25, 0.3) is 0 Å². The lowest BCUT2D eigenvalue weighted by Gasteiger charge is -2.20. The Kier molecular flexibility index (Phi) is 6.33. The molecular weight excluding hydrogens is 435 g/mol. The van der Waals surface area contributed by atoms with Crippen LogP contribution in [0.1, 0.15) is 23.5 Å². The number of rotatable bonds is 8. The van der Waals surface area contributed by atoms with Crippen molar-refractivity contribution in [2.45, 2.75) is 25.4 Å². The molecule has 1 heterocycles. The highest BCUT2D eigenvalue weighted by molar-refractivity contribution is 5.96. The van der Waals surface area contributed by atoms with Crippen molar-refractivity contribution in [1.82, 2.24) is 9.97 Å². The first-order chi connectivity index (χ1) is 15.8. The Labute approximate surface area is 188 Å². The van der Waals surface area contributed by atoms with Crippen LogP contribution in [0.5, 0.6) is 5.75 Å². The van der Waals surface area contributed by atoms with E-state index in [0.29, 0.717) is 29.3 Å². The third-order valence-corrected chi connectivity index (χ3v) is 5.69. The molecule has 0 saturated heterocycles. The van der Waals surface area contributed by atoms with Crippen LogP contribution >= 0.6 is 0 Å². The van der Waals surface area contributed by atoms with Crippen LogP contribution in [0.25, 0.3) is 0 Å². The Morgan fingerprint density at radius 3 is 2.73 bits per heavy atom. The first kappa shape index (κ1) is 22.7. The summed E-state index contributed by atoms with van der Waals surface area (Å²) >= 11 is 0. The summed E-state index contributed by atoms with van der Waals surface area (Å²) < 4.78 is 51.9. The molecule has 1 N–H and O–H groups in total. The summed E-state index contributed by atoms with van der Waals surface area (Å²) in [6.45, 7) is 2.03. The van der Waals surface area contributed by atoms with Crippen LogP contribution in [-0.4, -0.2) is 29.6 Å². The summed E-state index contributed by atoms with van der Waals surface area (Å²) in [5, 5.41) is 2.61. The highest BCUT2D eigenvalue weighted by Gasteiger charge is 2.60. The average Bonchev–Trinajstić information content (AvgIpc) is 3.52. The normalized spacial score (nSPS) is 19.2. The van der Waals surface area contributed by atoms with E-state index in [1.807, 2.05) is 0 Å². The molecule has 33 heavy (non-hydrogen) atoms. The Balaban J connectivity index is 1.58. The number of hydrogen-bond donors (Lipinski definition) is 1. The van der Waals surface area contributed by atoms with Crippen molar-refractivity contribution >= 4 is 11.6 Å². The highest BCUT2D eigenvalue weighted by Crippen LogP contribution is 2.55. The number of ether oxygens (including phenoxy) is 2. The van der Waals surface area contributed by atoms with E-state index >= 15 is 0 Å². The van der Waals surface area contributed by atoms with E-state index in [-0.39, 0.29) is 18.9 Å². The Morgan fingerprint density at radius 1 is 1.18 bits per heavy atom. The number of aryl methyl sites for hydroxylation is 1. The van der Waals surface area contributed by atoms with Crippen molar-refractivity contribution < 1.29 is 27.4 Å². The van der Waals surface area contributed by atoms with Gasteiger partial charge in [0.1, 0.15) is 17.3 Å². The summed E-state index contributed by atoms with van der Waals surface area (Å²) in [6.07, 6.45) is 1.92. The SMILES string of the molecule is COCc1nc(C)ncc1OC[C@@]1(c2cccc(F)c2)C[C@H]1C(=O)Nc1ccc(F)c(F)c1. The van der Waals surface area contributed by atoms with Crippen LogP contribution in [0.3, 0.4) is 0 Å². The van der Waals surface area contributed by atoms with Gasteiger partial charge in [-0.2, -0.15) is 0 Å². The van der Waals surface area contributed by atoms with Crippen LogP contribution in [-0.2, 0) is 21.6 Å². The molecule has 0 aliphatic heterocycles. The molecular formula is C24H22F3N3O3. The predicted octanol–water partition coefficient (Wildman–Crippen LogP) is 4.32. The second kappa shape index (κ2) is 9.19. The fraction of sp³-hybridized carbons (Fsp3) is 0.292. The maximum atomic E-state index is 14.0. The largest absolute Gasteiger partial charge is 0.489 e. The summed E-state index contributed by atoms with van der Waals surface area (Å²) in [4.78, 5) is 21.4. The molecule has 6 nitrogen and oxygen atoms in total. The number of aromatic nitrogens is 2. The van der Waals surface area contributed by atoms with E-state index in [1.165, 1.54) is 31.5 Å². The number of nitrogens with one attached hydrogen (secondary N) is 1. The first-order valence-corrected chi connectivity index (χ1v) is 10.3. The Morgan fingerprint density at radius 2 is 2.00 bits per heavy atom. The van der Waals surface area contributed by atoms with E-state index in [0.717, 1.165) is 12.1 Å². The predicted molar refractivity (Wildman–Crippen MR) is 114 cm³/mol. The van der Waals surface area contributed by atoms with Crippen LogP contribution < -0.4 is 10.1 Å². The third-order valence-electron chi connectivity index (χ3n) is 5.69. The minimum Gasteiger partial charge on any atom is -0.489 e. The topological polar surface area (TPSA) is 73.3 Å². The number of hydrogen-bond acceptors (Lipinski definition) is 5. The fourth-order valence-electron chi connectivity index (χ4n) is 3.89. The number of amides is 1. The minimum atomic E-state index is -1.06. The van der Waals surface area contributed by atoms with Gasteiger partial charge in [0, 0.05) is 24.3 Å². The van der Waals surface area contributed by atoms with Gasteiger partial charge in [0.05, 0.1) is 25.3 Å². The van der Waals surface area contributed by atoms with E-state index in [1.54, 1.807) is 19.1 Å². The molecule has 3 aromatic rings. The van der Waals surface area contributed by atoms with Crippen LogP contribution in [0.4, 0.5) is 18.9 Å². The van der Waals surface area contributed by atoms with Crippen LogP contribution in [0.2, 0.25) is 0 Å². The quantitative estimate of drug-likeness (QED) is 0.545. The van der Waals surface area contributed by atoms with Crippen molar-refractivity contribution in [2.24, 2.45) is 5.92 Å². The lowest BCUT2D eigenvalue weighted by Crippen LogP contribution is -2.27. The summed E-state index contributed by atoms with van der Waals surface area (Å²) in [5.74, 6) is -2.50. The molecule has 1 aromatic heterocycles. The second-order valence-corrected chi connectivity index (χ2v) is 7.99. The molecule has 0 spiro atoms. The van der Waals surface area contributed by atoms with E-state index in [9.17, 15) is 18.0 Å². The number of methoxy groups -OCH3 is 1. The number of anilines is 1. The number of carbonyl (C=O) groups is 1. The summed E-state index contributed by atoms with van der Waals surface area (Å²) in [7, 11) is 1.54. The Bertz CT molecular complexity index is 1190. The lowest BCUT2D eigenvalue weighted by atomic mass is 9.93. The fourth-order valence-corrected chi connectivity index (χ4v) is 3.89. The number of halogens is 3. The van der Waals surface area contributed by atoms with Gasteiger partial charge in [0.15, 0.2) is 17.4 Å². The average molecular weight is 457 g/mol. The molecule has 0 radical (unpaired) electrons. The van der Waals surface area contributed by atoms with Crippen molar-refractivity contribution in [1.29, 1.82) is 0 Å². The molecule has 1 saturated carbocycles. The molecule has 1 aliphatic carbocycles. The molecule has 2 aromatic carbocycles. The molecule has 9 heteroatoms. The van der Waals surface area contributed by atoms with Crippen LogP contribution in [0, 0.1) is 30.3 Å². The summed E-state index contributed by atoms with van der Waals surface area (Å²) in [5.41, 5.74) is 0.492. The summed E-state index contributed by atoms with van der Waals surface area (Å²) in [6, 6.07) is 9.13. The van der Waals surface area contributed by atoms with Gasteiger partial charge < -0.3 is 14.8 Å². The first-order valence-electron chi connectivity index (χ1n) is 10.3. The van der Waals surface area contributed by atoms with Crippen LogP contribution in [0.15, 0.2) is 48.7 Å². The van der Waals surface area contributed by atoms with E-state index in [2.05, 4.69) is 15.3 Å². The van der Waals surface area contributed by atoms with Gasteiger partial charge in [-0.1, -0.05) is 12.1 Å². The molecule has 172 valence electrons. The number of nitrogens with zero attached hydrogens (tertiary/aromatic N) is 2. The molecule has 2 atom stereocenters. The minimum absolute atomic E-state index is 0.0649. The monoisotopic (exact) mass is 457 g/mol.